The summed E-state index contributed by atoms with van der Waals surface area (Å²) in [6.45, 7) is 2.33. The maximum absolute atomic E-state index is 6.40. The van der Waals surface area contributed by atoms with Crippen LogP contribution in [0.5, 0.6) is 0 Å². The number of nitrogens with one attached hydrogen (secondary N) is 1. The van der Waals surface area contributed by atoms with Gasteiger partial charge in [0.25, 0.3) is 0 Å². The highest BCUT2D eigenvalue weighted by Crippen LogP contribution is 2.39. The van der Waals surface area contributed by atoms with Crippen molar-refractivity contribution in [3.05, 3.63) is 46.7 Å². The Bertz CT molecular complexity index is 607. The Labute approximate surface area is 130 Å². The summed E-state index contributed by atoms with van der Waals surface area (Å²) in [5.74, 6) is 0.661. The van der Waals surface area contributed by atoms with Gasteiger partial charge in [-0.25, -0.2) is 4.68 Å². The van der Waals surface area contributed by atoms with Gasteiger partial charge in [0.15, 0.2) is 0 Å². The molecule has 0 amide bonds. The van der Waals surface area contributed by atoms with E-state index in [2.05, 4.69) is 22.5 Å². The molecule has 0 spiro atoms. The second kappa shape index (κ2) is 6.60. The first-order chi connectivity index (χ1) is 10.3. The summed E-state index contributed by atoms with van der Waals surface area (Å²) in [4.78, 5) is 0. The van der Waals surface area contributed by atoms with E-state index in [1.807, 2.05) is 23.0 Å². The fraction of sp³-hybridized carbons (Fsp3) is 0.438. The number of nitrogens with zero attached hydrogens (tertiary/aromatic N) is 2. The molecule has 1 aromatic heterocycles. The number of halogens is 1. The van der Waals surface area contributed by atoms with E-state index < -0.39 is 0 Å². The quantitative estimate of drug-likeness (QED) is 0.799. The van der Waals surface area contributed by atoms with E-state index in [9.17, 15) is 0 Å². The van der Waals surface area contributed by atoms with Gasteiger partial charge in [0.1, 0.15) is 0 Å². The summed E-state index contributed by atoms with van der Waals surface area (Å²) in [5, 5.41) is 8.66. The molecule has 0 saturated heterocycles. The van der Waals surface area contributed by atoms with Crippen molar-refractivity contribution in [3.63, 3.8) is 0 Å². The standard InChI is InChI=1S/C16H20ClN3O/c1-21-9-7-18-11-12-2-5-16(14(17)10-12)20-8-6-15(19-20)13-3-4-13/h2,5-6,8,10,13,18H,3-4,7,9,11H2,1H3. The predicted octanol–water partition coefficient (Wildman–Crippen LogP) is 3.14. The van der Waals surface area contributed by atoms with Crippen molar-refractivity contribution in [2.75, 3.05) is 20.3 Å². The van der Waals surface area contributed by atoms with Crippen LogP contribution in [0.3, 0.4) is 0 Å². The molecule has 3 rings (SSSR count). The van der Waals surface area contributed by atoms with Crippen LogP contribution in [-0.2, 0) is 11.3 Å². The zero-order chi connectivity index (χ0) is 14.7. The number of ether oxygens (including phenoxy) is 1. The summed E-state index contributed by atoms with van der Waals surface area (Å²) in [5.41, 5.74) is 3.27. The first kappa shape index (κ1) is 14.6. The Kier molecular flexibility index (Phi) is 4.58. The highest BCUT2D eigenvalue weighted by molar-refractivity contribution is 6.32. The SMILES string of the molecule is COCCNCc1ccc(-n2ccc(C3CC3)n2)c(Cl)c1. The number of aromatic nitrogens is 2. The molecule has 1 aliphatic carbocycles. The van der Waals surface area contributed by atoms with Crippen LogP contribution in [0, 0.1) is 0 Å². The molecule has 4 nitrogen and oxygen atoms in total. The topological polar surface area (TPSA) is 39.1 Å². The smallest absolute Gasteiger partial charge is 0.0832 e. The summed E-state index contributed by atoms with van der Waals surface area (Å²) >= 11 is 6.40. The Morgan fingerprint density at radius 1 is 1.38 bits per heavy atom. The summed E-state index contributed by atoms with van der Waals surface area (Å²) in [6, 6.07) is 8.20. The molecule has 1 aromatic carbocycles. The normalized spacial score (nSPS) is 14.6. The van der Waals surface area contributed by atoms with Crippen molar-refractivity contribution < 1.29 is 4.74 Å². The maximum atomic E-state index is 6.40. The second-order valence-corrected chi connectivity index (χ2v) is 5.82. The Hall–Kier alpha value is -1.36. The van der Waals surface area contributed by atoms with Crippen molar-refractivity contribution in [2.45, 2.75) is 25.3 Å². The van der Waals surface area contributed by atoms with Crippen molar-refractivity contribution >= 4 is 11.6 Å². The van der Waals surface area contributed by atoms with E-state index >= 15 is 0 Å². The second-order valence-electron chi connectivity index (χ2n) is 5.41. The lowest BCUT2D eigenvalue weighted by molar-refractivity contribution is 0.199. The molecule has 0 aliphatic heterocycles. The van der Waals surface area contributed by atoms with E-state index in [-0.39, 0.29) is 0 Å². The fourth-order valence-electron chi connectivity index (χ4n) is 2.32. The van der Waals surface area contributed by atoms with Crippen LogP contribution >= 0.6 is 11.6 Å². The first-order valence-corrected chi connectivity index (χ1v) is 7.70. The molecule has 0 atom stereocenters. The molecule has 1 aliphatic rings. The van der Waals surface area contributed by atoms with E-state index in [1.54, 1.807) is 7.11 Å². The average molecular weight is 306 g/mol. The first-order valence-electron chi connectivity index (χ1n) is 7.32. The van der Waals surface area contributed by atoms with Gasteiger partial charge in [-0.2, -0.15) is 5.10 Å². The molecular formula is C16H20ClN3O. The van der Waals surface area contributed by atoms with Crippen molar-refractivity contribution in [2.24, 2.45) is 0 Å². The molecule has 0 unspecified atom stereocenters. The van der Waals surface area contributed by atoms with E-state index in [0.29, 0.717) is 12.5 Å². The van der Waals surface area contributed by atoms with Gasteiger partial charge in [0.2, 0.25) is 0 Å². The zero-order valence-corrected chi connectivity index (χ0v) is 12.9. The van der Waals surface area contributed by atoms with Crippen LogP contribution < -0.4 is 5.32 Å². The summed E-state index contributed by atoms with van der Waals surface area (Å²) in [7, 11) is 1.70. The molecule has 0 radical (unpaired) electrons. The maximum Gasteiger partial charge on any atom is 0.0832 e. The third-order valence-corrected chi connectivity index (χ3v) is 3.98. The van der Waals surface area contributed by atoms with Crippen LogP contribution in [0.4, 0.5) is 0 Å². The molecule has 1 N–H and O–H groups in total. The van der Waals surface area contributed by atoms with Crippen LogP contribution in [0.2, 0.25) is 5.02 Å². The van der Waals surface area contributed by atoms with Crippen LogP contribution in [0.1, 0.15) is 30.0 Å². The van der Waals surface area contributed by atoms with Crippen molar-refractivity contribution in [1.29, 1.82) is 0 Å². The summed E-state index contributed by atoms with van der Waals surface area (Å²) < 4.78 is 6.88. The number of benzene rings is 1. The minimum Gasteiger partial charge on any atom is -0.383 e. The van der Waals surface area contributed by atoms with Crippen molar-refractivity contribution in [1.82, 2.24) is 15.1 Å². The lowest BCUT2D eigenvalue weighted by atomic mass is 10.2. The molecule has 1 fully saturated rings. The number of rotatable bonds is 7. The molecule has 2 aromatic rings. The highest BCUT2D eigenvalue weighted by atomic mass is 35.5. The van der Waals surface area contributed by atoms with Crippen LogP contribution in [0.25, 0.3) is 5.69 Å². The van der Waals surface area contributed by atoms with Crippen LogP contribution in [0.15, 0.2) is 30.5 Å². The lowest BCUT2D eigenvalue weighted by Crippen LogP contribution is -2.18. The Morgan fingerprint density at radius 2 is 2.24 bits per heavy atom. The molecule has 1 saturated carbocycles. The van der Waals surface area contributed by atoms with E-state index in [1.165, 1.54) is 18.5 Å². The van der Waals surface area contributed by atoms with Gasteiger partial charge in [0.05, 0.1) is 23.0 Å². The monoisotopic (exact) mass is 305 g/mol. The summed E-state index contributed by atoms with van der Waals surface area (Å²) in [6.07, 6.45) is 4.51. The number of methoxy groups -OCH3 is 1. The third-order valence-electron chi connectivity index (χ3n) is 3.68. The minimum absolute atomic E-state index is 0.661. The van der Waals surface area contributed by atoms with E-state index in [0.717, 1.165) is 29.4 Å². The van der Waals surface area contributed by atoms with Crippen molar-refractivity contribution in [3.8, 4) is 5.69 Å². The zero-order valence-electron chi connectivity index (χ0n) is 12.2. The van der Waals surface area contributed by atoms with Gasteiger partial charge < -0.3 is 10.1 Å². The highest BCUT2D eigenvalue weighted by Gasteiger charge is 2.26. The van der Waals surface area contributed by atoms with Gasteiger partial charge in [-0.1, -0.05) is 17.7 Å². The molecule has 1 heterocycles. The molecule has 0 bridgehead atoms. The van der Waals surface area contributed by atoms with Gasteiger partial charge >= 0.3 is 0 Å². The van der Waals surface area contributed by atoms with Gasteiger partial charge in [-0.3, -0.25) is 0 Å². The van der Waals surface area contributed by atoms with Gasteiger partial charge in [-0.05, 0) is 36.6 Å². The lowest BCUT2D eigenvalue weighted by Gasteiger charge is -2.08. The average Bonchev–Trinajstić information content (AvgIpc) is 3.22. The largest absolute Gasteiger partial charge is 0.383 e. The molecule has 21 heavy (non-hydrogen) atoms. The van der Waals surface area contributed by atoms with Gasteiger partial charge in [0, 0.05) is 32.3 Å². The Balaban J connectivity index is 1.68. The predicted molar refractivity (Wildman–Crippen MR) is 84.1 cm³/mol. The molecular weight excluding hydrogens is 286 g/mol. The fourth-order valence-corrected chi connectivity index (χ4v) is 2.61. The Morgan fingerprint density at radius 3 is 2.95 bits per heavy atom. The molecule has 112 valence electrons. The van der Waals surface area contributed by atoms with E-state index in [4.69, 9.17) is 16.3 Å². The third kappa shape index (κ3) is 3.64. The number of hydrogen-bond donors (Lipinski definition) is 1. The number of hydrogen-bond acceptors (Lipinski definition) is 3. The minimum atomic E-state index is 0.661. The van der Waals surface area contributed by atoms with Crippen LogP contribution in [-0.4, -0.2) is 30.0 Å². The van der Waals surface area contributed by atoms with Gasteiger partial charge in [-0.15, -0.1) is 0 Å². The molecule has 5 heteroatoms.